The third-order valence-electron chi connectivity index (χ3n) is 1.03. The molecule has 0 aromatic carbocycles. The number of hydrogen-bond donors (Lipinski definition) is 0. The Labute approximate surface area is 97.8 Å². The molecular weight excluding hydrogens is 293 g/mol. The predicted molar refractivity (Wildman–Crippen MR) is 46.2 cm³/mol. The summed E-state index contributed by atoms with van der Waals surface area (Å²) >= 11 is 0. The Morgan fingerprint density at radius 1 is 1.00 bits per heavy atom. The number of hydrogen-bond acceptors (Lipinski definition) is 4. The van der Waals surface area contributed by atoms with Crippen molar-refractivity contribution in [3.8, 4) is 12.0 Å². The van der Waals surface area contributed by atoms with Crippen molar-refractivity contribution < 1.29 is 44.5 Å². The molecule has 0 amide bonds. The summed E-state index contributed by atoms with van der Waals surface area (Å²) in [7, 11) is -5.04. The van der Waals surface area contributed by atoms with Gasteiger partial charge in [-0.1, -0.05) is 5.92 Å². The summed E-state index contributed by atoms with van der Waals surface area (Å²) in [5, 5.41) is 0. The second kappa shape index (κ2) is 6.31. The van der Waals surface area contributed by atoms with Crippen molar-refractivity contribution in [2.75, 3.05) is 13.2 Å². The van der Waals surface area contributed by atoms with Crippen LogP contribution in [0, 0.1) is 12.0 Å². The molecule has 0 aromatic heterocycles. The van der Waals surface area contributed by atoms with Gasteiger partial charge in [-0.2, -0.15) is 26.3 Å². The summed E-state index contributed by atoms with van der Waals surface area (Å²) in [6.07, 6.45) is -8.24. The average molecular weight is 300 g/mol. The second-order valence-corrected chi connectivity index (χ2v) is 4.26. The van der Waals surface area contributed by atoms with E-state index in [2.05, 4.69) is 13.6 Å². The third-order valence-corrected chi connectivity index (χ3v) is 2.24. The van der Waals surface area contributed by atoms with Gasteiger partial charge in [0, 0.05) is 6.92 Å². The van der Waals surface area contributed by atoms with E-state index in [0.29, 0.717) is 0 Å². The standard InChI is InChI=1S/C7H7F6O4P/c1-2-3-15-18(14,16-4-6(8,9)10)17-5-7(11,12)13/h4-5H2,1H3. The van der Waals surface area contributed by atoms with E-state index < -0.39 is 33.4 Å². The molecule has 0 aliphatic rings. The Balaban J connectivity index is 4.61. The molecule has 0 radical (unpaired) electrons. The zero-order valence-electron chi connectivity index (χ0n) is 8.76. The molecular formula is C7H7F6O4P. The van der Waals surface area contributed by atoms with Crippen molar-refractivity contribution in [2.24, 2.45) is 0 Å². The lowest BCUT2D eigenvalue weighted by Crippen LogP contribution is -2.20. The second-order valence-electron chi connectivity index (χ2n) is 2.67. The van der Waals surface area contributed by atoms with Crippen molar-refractivity contribution >= 4 is 7.82 Å². The molecule has 0 saturated heterocycles. The SMILES string of the molecule is CC#COP(=O)(OCC(F)(F)F)OCC(F)(F)F. The molecule has 0 spiro atoms. The minimum atomic E-state index is -5.04. The Morgan fingerprint density at radius 2 is 1.39 bits per heavy atom. The van der Waals surface area contributed by atoms with Crippen LogP contribution in [-0.2, 0) is 18.1 Å². The van der Waals surface area contributed by atoms with Gasteiger partial charge in [0.05, 0.1) is 0 Å². The van der Waals surface area contributed by atoms with Crippen LogP contribution in [0.3, 0.4) is 0 Å². The fraction of sp³-hybridized carbons (Fsp3) is 0.714. The van der Waals surface area contributed by atoms with Gasteiger partial charge in [0.25, 0.3) is 0 Å². The normalized spacial score (nSPS) is 12.8. The van der Waals surface area contributed by atoms with Crippen LogP contribution >= 0.6 is 7.82 Å². The van der Waals surface area contributed by atoms with E-state index >= 15 is 0 Å². The third kappa shape index (κ3) is 9.15. The van der Waals surface area contributed by atoms with Crippen LogP contribution in [0.1, 0.15) is 6.92 Å². The van der Waals surface area contributed by atoms with Gasteiger partial charge in [0.15, 0.2) is 13.2 Å². The van der Waals surface area contributed by atoms with E-state index in [-0.39, 0.29) is 0 Å². The van der Waals surface area contributed by atoms with Gasteiger partial charge >= 0.3 is 20.2 Å². The van der Waals surface area contributed by atoms with Gasteiger partial charge in [0.2, 0.25) is 0 Å². The maximum Gasteiger partial charge on any atom is 0.539 e. The number of alkyl halides is 6. The summed E-state index contributed by atoms with van der Waals surface area (Å²) in [5.74, 6) is 1.95. The Hall–Kier alpha value is -0.910. The van der Waals surface area contributed by atoms with E-state index in [1.165, 1.54) is 0 Å². The first-order chi connectivity index (χ1) is 7.97. The molecule has 0 N–H and O–H groups in total. The van der Waals surface area contributed by atoms with E-state index in [4.69, 9.17) is 0 Å². The molecule has 0 atom stereocenters. The number of halogens is 6. The first kappa shape index (κ1) is 17.1. The zero-order chi connectivity index (χ0) is 14.4. The molecule has 0 aromatic rings. The Bertz CT molecular complexity index is 343. The fourth-order valence-electron chi connectivity index (χ4n) is 0.496. The van der Waals surface area contributed by atoms with E-state index in [1.807, 2.05) is 5.92 Å². The minimum absolute atomic E-state index is 1.15. The van der Waals surface area contributed by atoms with Crippen LogP contribution in [0.2, 0.25) is 0 Å². The van der Waals surface area contributed by atoms with E-state index in [0.717, 1.165) is 6.92 Å². The molecule has 0 unspecified atom stereocenters. The molecule has 106 valence electrons. The lowest BCUT2D eigenvalue weighted by Gasteiger charge is -2.16. The first-order valence-electron chi connectivity index (χ1n) is 4.10. The van der Waals surface area contributed by atoms with Crippen LogP contribution in [0.5, 0.6) is 0 Å². The molecule has 0 rings (SSSR count). The summed E-state index contributed by atoms with van der Waals surface area (Å²) < 4.78 is 93.2. The molecule has 4 nitrogen and oxygen atoms in total. The monoisotopic (exact) mass is 300 g/mol. The van der Waals surface area contributed by atoms with E-state index in [1.54, 1.807) is 6.11 Å². The average Bonchev–Trinajstić information content (AvgIpc) is 2.19. The number of rotatable bonds is 5. The quantitative estimate of drug-likeness (QED) is 0.444. The number of phosphoric ester groups is 1. The Kier molecular flexibility index (Phi) is 5.99. The van der Waals surface area contributed by atoms with Gasteiger partial charge in [-0.15, -0.1) is 0 Å². The highest BCUT2D eigenvalue weighted by Gasteiger charge is 2.40. The molecule has 0 heterocycles. The maximum absolute atomic E-state index is 11.8. The fourth-order valence-corrected chi connectivity index (χ4v) is 1.49. The molecule has 18 heavy (non-hydrogen) atoms. The molecule has 0 aliphatic heterocycles. The lowest BCUT2D eigenvalue weighted by atomic mass is 10.7. The lowest BCUT2D eigenvalue weighted by molar-refractivity contribution is -0.169. The van der Waals surface area contributed by atoms with Crippen molar-refractivity contribution in [1.29, 1.82) is 0 Å². The van der Waals surface area contributed by atoms with Crippen LogP contribution in [0.4, 0.5) is 26.3 Å². The van der Waals surface area contributed by atoms with Crippen molar-refractivity contribution in [3.05, 3.63) is 0 Å². The summed E-state index contributed by atoms with van der Waals surface area (Å²) in [4.78, 5) is 0. The summed E-state index contributed by atoms with van der Waals surface area (Å²) in [6.45, 7) is -3.03. The van der Waals surface area contributed by atoms with Gasteiger partial charge in [-0.05, 0) is 0 Å². The smallest absolute Gasteiger partial charge is 0.350 e. The summed E-state index contributed by atoms with van der Waals surface area (Å²) in [6, 6.07) is 0. The van der Waals surface area contributed by atoms with Crippen LogP contribution in [0.15, 0.2) is 0 Å². The van der Waals surface area contributed by atoms with Crippen molar-refractivity contribution in [2.45, 2.75) is 19.3 Å². The van der Waals surface area contributed by atoms with Crippen LogP contribution < -0.4 is 0 Å². The molecule has 0 bridgehead atoms. The van der Waals surface area contributed by atoms with Crippen molar-refractivity contribution in [1.82, 2.24) is 0 Å². The minimum Gasteiger partial charge on any atom is -0.350 e. The number of phosphoric acid groups is 1. The molecule has 0 aliphatic carbocycles. The highest BCUT2D eigenvalue weighted by Crippen LogP contribution is 2.51. The van der Waals surface area contributed by atoms with Gasteiger partial charge in [-0.25, -0.2) is 4.57 Å². The van der Waals surface area contributed by atoms with Crippen molar-refractivity contribution in [3.63, 3.8) is 0 Å². The first-order valence-corrected chi connectivity index (χ1v) is 5.56. The van der Waals surface area contributed by atoms with E-state index in [9.17, 15) is 30.9 Å². The largest absolute Gasteiger partial charge is 0.539 e. The van der Waals surface area contributed by atoms with Gasteiger partial charge in [-0.3, -0.25) is 9.05 Å². The highest BCUT2D eigenvalue weighted by atomic mass is 31.2. The predicted octanol–water partition coefficient (Wildman–Crippen LogP) is 3.25. The molecule has 0 fully saturated rings. The zero-order valence-corrected chi connectivity index (χ0v) is 9.66. The van der Waals surface area contributed by atoms with Crippen LogP contribution in [-0.4, -0.2) is 25.6 Å². The molecule has 11 heteroatoms. The van der Waals surface area contributed by atoms with Gasteiger partial charge < -0.3 is 4.52 Å². The topological polar surface area (TPSA) is 44.8 Å². The van der Waals surface area contributed by atoms with Gasteiger partial charge in [0.1, 0.15) is 6.11 Å². The summed E-state index contributed by atoms with van der Waals surface area (Å²) in [5.41, 5.74) is 0. The Morgan fingerprint density at radius 3 is 1.67 bits per heavy atom. The maximum atomic E-state index is 11.8. The molecule has 0 saturated carbocycles. The highest BCUT2D eigenvalue weighted by molar-refractivity contribution is 7.48. The van der Waals surface area contributed by atoms with Crippen LogP contribution in [0.25, 0.3) is 0 Å².